The highest BCUT2D eigenvalue weighted by molar-refractivity contribution is 5.98. The van der Waals surface area contributed by atoms with Gasteiger partial charge in [-0.1, -0.05) is 0 Å². The van der Waals surface area contributed by atoms with Gasteiger partial charge in [0.05, 0.1) is 11.7 Å². The summed E-state index contributed by atoms with van der Waals surface area (Å²) >= 11 is 0. The molecule has 0 spiro atoms. The van der Waals surface area contributed by atoms with Crippen molar-refractivity contribution in [3.8, 4) is 0 Å². The first-order valence-electron chi connectivity index (χ1n) is 9.63. The Morgan fingerprint density at radius 1 is 1.43 bits per heavy atom. The largest absolute Gasteiger partial charge is 0.364 e. The molecule has 1 aliphatic heterocycles. The maximum Gasteiger partial charge on any atom is 0.269 e. The van der Waals surface area contributed by atoms with Crippen molar-refractivity contribution in [3.05, 3.63) is 30.1 Å². The van der Waals surface area contributed by atoms with Gasteiger partial charge >= 0.3 is 0 Å². The van der Waals surface area contributed by atoms with E-state index >= 15 is 0 Å². The number of nitrogens with two attached hydrogens (primary N) is 1. The van der Waals surface area contributed by atoms with Gasteiger partial charge in [0.15, 0.2) is 11.5 Å². The molecule has 3 aromatic rings. The predicted molar refractivity (Wildman–Crippen MR) is 110 cm³/mol. The van der Waals surface area contributed by atoms with E-state index in [1.54, 1.807) is 11.6 Å². The molecular weight excluding hydrogens is 356 g/mol. The molecule has 1 aromatic carbocycles. The standard InChI is InChI=1S/C19H26N8O/c1-3-27-15-9-13(7-6-12(15)10-22-27)23-18-16(17(20)28)26(2)19(25-18)24-14-5-4-8-21-11-14/h6-7,9-10,14,21,23H,3-5,8,11H2,1-2H3,(H2,20,28)(H,24,25). The fourth-order valence-corrected chi connectivity index (χ4v) is 3.69. The minimum Gasteiger partial charge on any atom is -0.364 e. The van der Waals surface area contributed by atoms with Crippen molar-refractivity contribution >= 4 is 34.3 Å². The molecule has 1 unspecified atom stereocenters. The summed E-state index contributed by atoms with van der Waals surface area (Å²) in [7, 11) is 1.80. The first kappa shape index (κ1) is 18.3. The molecule has 28 heavy (non-hydrogen) atoms. The lowest BCUT2D eigenvalue weighted by molar-refractivity contribution is 0.0993. The van der Waals surface area contributed by atoms with Crippen LogP contribution < -0.4 is 21.7 Å². The molecule has 3 heterocycles. The average Bonchev–Trinajstić information content (AvgIpc) is 3.23. The van der Waals surface area contributed by atoms with E-state index in [0.29, 0.717) is 17.5 Å². The van der Waals surface area contributed by atoms with Crippen molar-refractivity contribution in [2.24, 2.45) is 12.8 Å². The van der Waals surface area contributed by atoms with Gasteiger partial charge < -0.3 is 26.3 Å². The average molecular weight is 382 g/mol. The van der Waals surface area contributed by atoms with Crippen molar-refractivity contribution < 1.29 is 4.79 Å². The zero-order chi connectivity index (χ0) is 19.7. The Hall–Kier alpha value is -3.07. The van der Waals surface area contributed by atoms with E-state index < -0.39 is 5.91 Å². The minimum atomic E-state index is -0.521. The first-order chi connectivity index (χ1) is 13.6. The molecule has 0 aliphatic carbocycles. The van der Waals surface area contributed by atoms with Crippen LogP contribution in [0, 0.1) is 0 Å². The second-order valence-corrected chi connectivity index (χ2v) is 7.10. The van der Waals surface area contributed by atoms with Gasteiger partial charge in [0.25, 0.3) is 5.91 Å². The molecule has 4 rings (SSSR count). The summed E-state index contributed by atoms with van der Waals surface area (Å²) in [5.41, 5.74) is 7.84. The van der Waals surface area contributed by atoms with Gasteiger partial charge in [-0.25, -0.2) is 0 Å². The predicted octanol–water partition coefficient (Wildman–Crippen LogP) is 1.80. The molecule has 1 aliphatic rings. The second kappa shape index (κ2) is 7.51. The number of rotatable bonds is 6. The quantitative estimate of drug-likeness (QED) is 0.517. The van der Waals surface area contributed by atoms with Crippen LogP contribution in [0.5, 0.6) is 0 Å². The van der Waals surface area contributed by atoms with Gasteiger partial charge in [-0.05, 0) is 44.5 Å². The highest BCUT2D eigenvalue weighted by Crippen LogP contribution is 2.26. The van der Waals surface area contributed by atoms with E-state index in [4.69, 9.17) is 5.73 Å². The Labute approximate surface area is 163 Å². The normalized spacial score (nSPS) is 17.0. The number of aryl methyl sites for hydroxylation is 1. The lowest BCUT2D eigenvalue weighted by Crippen LogP contribution is -2.39. The van der Waals surface area contributed by atoms with Crippen molar-refractivity contribution in [1.29, 1.82) is 0 Å². The van der Waals surface area contributed by atoms with Gasteiger partial charge in [0, 0.05) is 37.3 Å². The summed E-state index contributed by atoms with van der Waals surface area (Å²) in [6.07, 6.45) is 4.02. The van der Waals surface area contributed by atoms with E-state index in [1.165, 1.54) is 0 Å². The molecule has 148 valence electrons. The zero-order valence-electron chi connectivity index (χ0n) is 16.2. The maximum absolute atomic E-state index is 12.1. The van der Waals surface area contributed by atoms with Gasteiger partial charge in [0.1, 0.15) is 0 Å². The van der Waals surface area contributed by atoms with E-state index in [-0.39, 0.29) is 6.04 Å². The number of carbonyl (C=O) groups is 1. The van der Waals surface area contributed by atoms with E-state index in [0.717, 1.165) is 49.1 Å². The number of primary amides is 1. The van der Waals surface area contributed by atoms with Crippen LogP contribution in [0.3, 0.4) is 0 Å². The fraction of sp³-hybridized carbons (Fsp3) is 0.421. The third-order valence-corrected chi connectivity index (χ3v) is 5.17. The van der Waals surface area contributed by atoms with E-state index in [9.17, 15) is 4.79 Å². The van der Waals surface area contributed by atoms with E-state index in [1.807, 2.05) is 29.1 Å². The summed E-state index contributed by atoms with van der Waals surface area (Å²) in [6.45, 7) is 4.75. The first-order valence-corrected chi connectivity index (χ1v) is 9.63. The third-order valence-electron chi connectivity index (χ3n) is 5.17. The molecular formula is C19H26N8O. The fourth-order valence-electron chi connectivity index (χ4n) is 3.69. The summed E-state index contributed by atoms with van der Waals surface area (Å²) in [6, 6.07) is 6.22. The number of aromatic nitrogens is 4. The molecule has 1 fully saturated rings. The highest BCUT2D eigenvalue weighted by Gasteiger charge is 2.22. The number of imidazole rings is 1. The molecule has 2 aromatic heterocycles. The zero-order valence-corrected chi connectivity index (χ0v) is 16.2. The molecule has 1 saturated heterocycles. The van der Waals surface area contributed by atoms with E-state index in [2.05, 4.69) is 33.0 Å². The number of fused-ring (bicyclic) bond motifs is 1. The van der Waals surface area contributed by atoms with Crippen LogP contribution in [-0.4, -0.2) is 44.4 Å². The monoisotopic (exact) mass is 382 g/mol. The van der Waals surface area contributed by atoms with Crippen LogP contribution in [0.25, 0.3) is 10.9 Å². The van der Waals surface area contributed by atoms with Gasteiger partial charge in [-0.15, -0.1) is 0 Å². The smallest absolute Gasteiger partial charge is 0.269 e. The minimum absolute atomic E-state index is 0.277. The molecule has 0 bridgehead atoms. The van der Waals surface area contributed by atoms with Crippen LogP contribution in [0.15, 0.2) is 24.4 Å². The number of amides is 1. The number of carbonyl (C=O) groups excluding carboxylic acids is 1. The molecule has 9 nitrogen and oxygen atoms in total. The molecule has 1 amide bonds. The van der Waals surface area contributed by atoms with Crippen molar-refractivity contribution in [1.82, 2.24) is 24.6 Å². The van der Waals surface area contributed by atoms with Crippen LogP contribution >= 0.6 is 0 Å². The molecule has 5 N–H and O–H groups in total. The van der Waals surface area contributed by atoms with Crippen molar-refractivity contribution in [2.75, 3.05) is 23.7 Å². The van der Waals surface area contributed by atoms with Crippen LogP contribution in [0.4, 0.5) is 17.5 Å². The number of nitrogens with one attached hydrogen (secondary N) is 3. The second-order valence-electron chi connectivity index (χ2n) is 7.10. The maximum atomic E-state index is 12.1. The third kappa shape index (κ3) is 3.40. The van der Waals surface area contributed by atoms with Crippen molar-refractivity contribution in [2.45, 2.75) is 32.4 Å². The topological polar surface area (TPSA) is 115 Å². The molecule has 9 heteroatoms. The van der Waals surface area contributed by atoms with Gasteiger partial charge in [-0.3, -0.25) is 9.48 Å². The van der Waals surface area contributed by atoms with Crippen molar-refractivity contribution in [3.63, 3.8) is 0 Å². The number of piperidine rings is 1. The Balaban J connectivity index is 1.64. The molecule has 0 saturated carbocycles. The summed E-state index contributed by atoms with van der Waals surface area (Å²) in [5.74, 6) is 0.555. The van der Waals surface area contributed by atoms with Crippen LogP contribution in [-0.2, 0) is 13.6 Å². The summed E-state index contributed by atoms with van der Waals surface area (Å²) in [5, 5.41) is 15.5. The Morgan fingerprint density at radius 3 is 3.00 bits per heavy atom. The highest BCUT2D eigenvalue weighted by atomic mass is 16.1. The lowest BCUT2D eigenvalue weighted by atomic mass is 10.1. The van der Waals surface area contributed by atoms with Gasteiger partial charge in [0.2, 0.25) is 5.95 Å². The molecule has 0 radical (unpaired) electrons. The van der Waals surface area contributed by atoms with Crippen LogP contribution in [0.1, 0.15) is 30.3 Å². The lowest BCUT2D eigenvalue weighted by Gasteiger charge is -2.24. The number of hydrogen-bond acceptors (Lipinski definition) is 6. The summed E-state index contributed by atoms with van der Waals surface area (Å²) in [4.78, 5) is 16.7. The Morgan fingerprint density at radius 2 is 2.29 bits per heavy atom. The number of hydrogen-bond donors (Lipinski definition) is 4. The number of benzene rings is 1. The SMILES string of the molecule is CCn1ncc2ccc(Nc3nc(NC4CCCNC4)n(C)c3C(N)=O)cc21. The van der Waals surface area contributed by atoms with Gasteiger partial charge in [-0.2, -0.15) is 10.1 Å². The molecule has 1 atom stereocenters. The number of nitrogens with zero attached hydrogens (tertiary/aromatic N) is 4. The Kier molecular flexibility index (Phi) is 4.91. The summed E-state index contributed by atoms with van der Waals surface area (Å²) < 4.78 is 3.64. The Bertz CT molecular complexity index is 999. The number of anilines is 3. The van der Waals surface area contributed by atoms with Crippen LogP contribution in [0.2, 0.25) is 0 Å².